The molecule has 1 aliphatic heterocycles. The summed E-state index contributed by atoms with van der Waals surface area (Å²) in [7, 11) is -1.65. The van der Waals surface area contributed by atoms with Crippen LogP contribution in [0, 0.1) is 0 Å². The number of nitrogens with one attached hydrogen (secondary N) is 1. The van der Waals surface area contributed by atoms with Crippen LogP contribution in [0.25, 0.3) is 0 Å². The lowest BCUT2D eigenvalue weighted by Gasteiger charge is -2.11. The molecule has 0 saturated carbocycles. The van der Waals surface area contributed by atoms with Gasteiger partial charge in [-0.05, 0) is 31.0 Å². The Morgan fingerprint density at radius 3 is 2.80 bits per heavy atom. The maximum atomic E-state index is 11.9. The highest BCUT2D eigenvalue weighted by molar-refractivity contribution is 7.92. The van der Waals surface area contributed by atoms with Crippen LogP contribution in [-0.4, -0.2) is 44.1 Å². The SMILES string of the molecule is COc1ccc(C(=O)NCC2CCCS2(=O)=O)cc1O. The Hall–Kier alpha value is -1.76. The lowest BCUT2D eigenvalue weighted by Crippen LogP contribution is -2.34. The van der Waals surface area contributed by atoms with Crippen molar-refractivity contribution in [1.29, 1.82) is 0 Å². The van der Waals surface area contributed by atoms with Crippen molar-refractivity contribution in [1.82, 2.24) is 5.32 Å². The number of rotatable bonds is 4. The standard InChI is InChI=1S/C13H17NO5S/c1-19-12-5-4-9(7-11(12)15)13(16)14-8-10-3-2-6-20(10,17)18/h4-5,7,10,15H,2-3,6,8H2,1H3,(H,14,16). The smallest absolute Gasteiger partial charge is 0.251 e. The number of phenolic OH excluding ortho intramolecular Hbond substituents is 1. The van der Waals surface area contributed by atoms with Crippen LogP contribution in [0.2, 0.25) is 0 Å². The van der Waals surface area contributed by atoms with E-state index in [2.05, 4.69) is 5.32 Å². The summed E-state index contributed by atoms with van der Waals surface area (Å²) in [6, 6.07) is 4.28. The zero-order valence-corrected chi connectivity index (χ0v) is 11.9. The van der Waals surface area contributed by atoms with E-state index in [1.807, 2.05) is 0 Å². The van der Waals surface area contributed by atoms with Crippen molar-refractivity contribution >= 4 is 15.7 Å². The van der Waals surface area contributed by atoms with Gasteiger partial charge in [0, 0.05) is 12.1 Å². The predicted molar refractivity (Wildman–Crippen MR) is 73.8 cm³/mol. The number of ether oxygens (including phenoxy) is 1. The summed E-state index contributed by atoms with van der Waals surface area (Å²) in [4.78, 5) is 11.9. The van der Waals surface area contributed by atoms with Crippen molar-refractivity contribution < 1.29 is 23.1 Å². The normalized spacial score (nSPS) is 20.6. The van der Waals surface area contributed by atoms with Gasteiger partial charge in [0.15, 0.2) is 21.3 Å². The van der Waals surface area contributed by atoms with Gasteiger partial charge in [-0.1, -0.05) is 0 Å². The third-order valence-corrected chi connectivity index (χ3v) is 5.67. The topological polar surface area (TPSA) is 92.7 Å². The highest BCUT2D eigenvalue weighted by Gasteiger charge is 2.31. The zero-order chi connectivity index (χ0) is 14.8. The molecule has 1 atom stereocenters. The van der Waals surface area contributed by atoms with Crippen LogP contribution in [0.5, 0.6) is 11.5 Å². The van der Waals surface area contributed by atoms with Gasteiger partial charge < -0.3 is 15.2 Å². The summed E-state index contributed by atoms with van der Waals surface area (Å²) in [5.74, 6) is -0.0738. The van der Waals surface area contributed by atoms with Crippen LogP contribution in [-0.2, 0) is 9.84 Å². The molecule has 110 valence electrons. The molecule has 1 aromatic rings. The van der Waals surface area contributed by atoms with Crippen molar-refractivity contribution in [3.63, 3.8) is 0 Å². The number of benzene rings is 1. The van der Waals surface area contributed by atoms with Crippen LogP contribution in [0.4, 0.5) is 0 Å². The van der Waals surface area contributed by atoms with Gasteiger partial charge >= 0.3 is 0 Å². The molecule has 0 bridgehead atoms. The van der Waals surface area contributed by atoms with Gasteiger partial charge in [-0.3, -0.25) is 4.79 Å². The average Bonchev–Trinajstić information content (AvgIpc) is 2.74. The van der Waals surface area contributed by atoms with Crippen molar-refractivity contribution in [3.8, 4) is 11.5 Å². The molecule has 1 aliphatic rings. The predicted octanol–water partition coefficient (Wildman–Crippen LogP) is 0.708. The number of methoxy groups -OCH3 is 1. The number of phenols is 1. The van der Waals surface area contributed by atoms with E-state index in [4.69, 9.17) is 4.74 Å². The lowest BCUT2D eigenvalue weighted by atomic mass is 10.2. The van der Waals surface area contributed by atoms with Crippen molar-refractivity contribution in [2.45, 2.75) is 18.1 Å². The Bertz CT molecular complexity index is 611. The maximum absolute atomic E-state index is 11.9. The zero-order valence-electron chi connectivity index (χ0n) is 11.1. The van der Waals surface area contributed by atoms with Crippen LogP contribution in [0.3, 0.4) is 0 Å². The van der Waals surface area contributed by atoms with E-state index in [0.29, 0.717) is 12.8 Å². The summed E-state index contributed by atoms with van der Waals surface area (Å²) < 4.78 is 28.2. The van der Waals surface area contributed by atoms with Gasteiger partial charge in [0.1, 0.15) is 0 Å². The van der Waals surface area contributed by atoms with Gasteiger partial charge in [-0.25, -0.2) is 8.42 Å². The molecule has 20 heavy (non-hydrogen) atoms. The molecular formula is C13H17NO5S. The molecular weight excluding hydrogens is 282 g/mol. The first-order chi connectivity index (χ1) is 9.44. The Kier molecular flexibility index (Phi) is 4.17. The van der Waals surface area contributed by atoms with E-state index in [1.54, 1.807) is 0 Å². The second-order valence-corrected chi connectivity index (χ2v) is 7.13. The van der Waals surface area contributed by atoms with E-state index in [-0.39, 0.29) is 29.4 Å². The fraction of sp³-hybridized carbons (Fsp3) is 0.462. The first kappa shape index (κ1) is 14.6. The van der Waals surface area contributed by atoms with Crippen LogP contribution in [0.15, 0.2) is 18.2 Å². The Morgan fingerprint density at radius 1 is 1.50 bits per heavy atom. The third-order valence-electron chi connectivity index (χ3n) is 3.39. The summed E-state index contributed by atoms with van der Waals surface area (Å²) >= 11 is 0. The molecule has 1 heterocycles. The highest BCUT2D eigenvalue weighted by Crippen LogP contribution is 2.26. The number of sulfone groups is 1. The first-order valence-corrected chi connectivity index (χ1v) is 8.02. The molecule has 1 saturated heterocycles. The van der Waals surface area contributed by atoms with E-state index in [9.17, 15) is 18.3 Å². The Morgan fingerprint density at radius 2 is 2.25 bits per heavy atom. The summed E-state index contributed by atoms with van der Waals surface area (Å²) in [5, 5.41) is 11.7. The summed E-state index contributed by atoms with van der Waals surface area (Å²) in [6.45, 7) is 0.105. The quantitative estimate of drug-likeness (QED) is 0.854. The van der Waals surface area contributed by atoms with Gasteiger partial charge in [0.05, 0.1) is 18.1 Å². The second-order valence-electron chi connectivity index (χ2n) is 4.73. The average molecular weight is 299 g/mol. The molecule has 2 N–H and O–H groups in total. The number of hydrogen-bond acceptors (Lipinski definition) is 5. The number of aromatic hydroxyl groups is 1. The summed E-state index contributed by atoms with van der Waals surface area (Å²) in [5.41, 5.74) is 0.263. The minimum atomic E-state index is -3.07. The van der Waals surface area contributed by atoms with Crippen molar-refractivity contribution in [2.75, 3.05) is 19.4 Å². The molecule has 1 fully saturated rings. The lowest BCUT2D eigenvalue weighted by molar-refractivity contribution is 0.0953. The number of amides is 1. The molecule has 0 radical (unpaired) electrons. The second kappa shape index (κ2) is 5.70. The van der Waals surface area contributed by atoms with Gasteiger partial charge in [0.2, 0.25) is 0 Å². The molecule has 0 spiro atoms. The number of hydrogen-bond donors (Lipinski definition) is 2. The van der Waals surface area contributed by atoms with Crippen molar-refractivity contribution in [2.24, 2.45) is 0 Å². The Balaban J connectivity index is 2.00. The molecule has 6 nitrogen and oxygen atoms in total. The fourth-order valence-corrected chi connectivity index (χ4v) is 3.99. The van der Waals surface area contributed by atoms with Crippen LogP contribution >= 0.6 is 0 Å². The van der Waals surface area contributed by atoms with E-state index < -0.39 is 21.0 Å². The first-order valence-electron chi connectivity index (χ1n) is 6.31. The largest absolute Gasteiger partial charge is 0.504 e. The number of carbonyl (C=O) groups is 1. The third kappa shape index (κ3) is 3.04. The minimum Gasteiger partial charge on any atom is -0.504 e. The van der Waals surface area contributed by atoms with E-state index >= 15 is 0 Å². The Labute approximate surface area is 117 Å². The van der Waals surface area contributed by atoms with E-state index in [0.717, 1.165) is 0 Å². The molecule has 1 unspecified atom stereocenters. The maximum Gasteiger partial charge on any atom is 0.251 e. The van der Waals surface area contributed by atoms with E-state index in [1.165, 1.54) is 25.3 Å². The minimum absolute atomic E-state index is 0.105. The molecule has 2 rings (SSSR count). The van der Waals surface area contributed by atoms with Gasteiger partial charge in [-0.15, -0.1) is 0 Å². The van der Waals surface area contributed by atoms with Gasteiger partial charge in [-0.2, -0.15) is 0 Å². The fourth-order valence-electron chi connectivity index (χ4n) is 2.23. The molecule has 1 amide bonds. The monoisotopic (exact) mass is 299 g/mol. The molecule has 0 aliphatic carbocycles. The molecule has 7 heteroatoms. The number of carbonyl (C=O) groups excluding carboxylic acids is 1. The van der Waals surface area contributed by atoms with Crippen LogP contribution < -0.4 is 10.1 Å². The summed E-state index contributed by atoms with van der Waals surface area (Å²) in [6.07, 6.45) is 1.22. The van der Waals surface area contributed by atoms with Crippen molar-refractivity contribution in [3.05, 3.63) is 23.8 Å². The molecule has 1 aromatic carbocycles. The van der Waals surface area contributed by atoms with Crippen LogP contribution in [0.1, 0.15) is 23.2 Å². The van der Waals surface area contributed by atoms with Gasteiger partial charge in [0.25, 0.3) is 5.91 Å². The highest BCUT2D eigenvalue weighted by atomic mass is 32.2. The molecule has 0 aromatic heterocycles.